The second kappa shape index (κ2) is 6.60. The molecule has 24 heavy (non-hydrogen) atoms. The summed E-state index contributed by atoms with van der Waals surface area (Å²) in [6.07, 6.45) is 1.94. The van der Waals surface area contributed by atoms with Crippen molar-refractivity contribution < 1.29 is 4.79 Å². The zero-order valence-corrected chi connectivity index (χ0v) is 15.1. The highest BCUT2D eigenvalue weighted by molar-refractivity contribution is 7.18. The minimum Gasteiger partial charge on any atom is -0.331 e. The smallest absolute Gasteiger partial charge is 0.317 e. The number of carbonyl (C=O) groups is 1. The van der Waals surface area contributed by atoms with E-state index in [0.29, 0.717) is 6.54 Å². The molecule has 0 aliphatic carbocycles. The first-order chi connectivity index (χ1) is 11.4. The van der Waals surface area contributed by atoms with Gasteiger partial charge in [0.2, 0.25) is 0 Å². The van der Waals surface area contributed by atoms with Crippen LogP contribution in [0, 0.1) is 6.92 Å². The van der Waals surface area contributed by atoms with Crippen molar-refractivity contribution in [2.24, 2.45) is 7.05 Å². The molecule has 0 saturated heterocycles. The molecule has 2 heterocycles. The molecule has 3 rings (SSSR count). The molecule has 0 spiro atoms. The van der Waals surface area contributed by atoms with Gasteiger partial charge in [-0.3, -0.25) is 4.68 Å². The fraction of sp³-hybridized carbons (Fsp3) is 0.353. The summed E-state index contributed by atoms with van der Waals surface area (Å²) in [5, 5.41) is 8.26. The van der Waals surface area contributed by atoms with Crippen molar-refractivity contribution in [2.45, 2.75) is 26.4 Å². The van der Waals surface area contributed by atoms with E-state index < -0.39 is 0 Å². The van der Waals surface area contributed by atoms with Crippen LogP contribution in [0.25, 0.3) is 10.2 Å². The lowest BCUT2D eigenvalue weighted by Crippen LogP contribution is -2.38. The molecule has 1 N–H and O–H groups in total. The van der Waals surface area contributed by atoms with Gasteiger partial charge < -0.3 is 10.2 Å². The molecule has 0 aliphatic rings. The van der Waals surface area contributed by atoms with Crippen LogP contribution in [0.2, 0.25) is 0 Å². The number of aryl methyl sites for hydroxylation is 2. The quantitative estimate of drug-likeness (QED) is 0.791. The summed E-state index contributed by atoms with van der Waals surface area (Å²) in [5.74, 6) is 0. The molecule has 0 aliphatic heterocycles. The van der Waals surface area contributed by atoms with Crippen LogP contribution >= 0.6 is 11.3 Å². The lowest BCUT2D eigenvalue weighted by molar-refractivity contribution is 0.203. The number of fused-ring (bicyclic) bond motifs is 1. The fourth-order valence-corrected chi connectivity index (χ4v) is 3.70. The molecule has 0 bridgehead atoms. The van der Waals surface area contributed by atoms with Crippen LogP contribution < -0.4 is 5.32 Å². The van der Waals surface area contributed by atoms with Gasteiger partial charge in [-0.15, -0.1) is 11.3 Å². The number of rotatable bonds is 4. The molecule has 2 amide bonds. The van der Waals surface area contributed by atoms with Crippen molar-refractivity contribution in [1.82, 2.24) is 25.0 Å². The highest BCUT2D eigenvalue weighted by Gasteiger charge is 2.17. The van der Waals surface area contributed by atoms with E-state index in [1.165, 1.54) is 0 Å². The van der Waals surface area contributed by atoms with Crippen LogP contribution in [-0.2, 0) is 13.6 Å². The van der Waals surface area contributed by atoms with Gasteiger partial charge in [-0.25, -0.2) is 9.78 Å². The number of hydrogen-bond acceptors (Lipinski definition) is 4. The Hall–Kier alpha value is -2.41. The summed E-state index contributed by atoms with van der Waals surface area (Å²) in [7, 11) is 3.66. The third-order valence-electron chi connectivity index (χ3n) is 3.92. The van der Waals surface area contributed by atoms with Gasteiger partial charge in [0.05, 0.1) is 28.5 Å². The van der Waals surface area contributed by atoms with Crippen molar-refractivity contribution in [3.8, 4) is 0 Å². The molecule has 1 aromatic carbocycles. The Morgan fingerprint density at radius 2 is 2.17 bits per heavy atom. The monoisotopic (exact) mass is 343 g/mol. The topological polar surface area (TPSA) is 63.1 Å². The molecule has 0 fully saturated rings. The van der Waals surface area contributed by atoms with Crippen molar-refractivity contribution in [1.29, 1.82) is 0 Å². The Morgan fingerprint density at radius 1 is 1.42 bits per heavy atom. The third kappa shape index (κ3) is 3.41. The zero-order chi connectivity index (χ0) is 17.3. The maximum absolute atomic E-state index is 12.4. The van der Waals surface area contributed by atoms with E-state index in [9.17, 15) is 4.79 Å². The minimum atomic E-state index is -0.120. The van der Waals surface area contributed by atoms with E-state index in [-0.39, 0.29) is 12.1 Å². The Morgan fingerprint density at radius 3 is 2.83 bits per heavy atom. The molecule has 0 radical (unpaired) electrons. The summed E-state index contributed by atoms with van der Waals surface area (Å²) in [6.45, 7) is 4.40. The number of amides is 2. The maximum atomic E-state index is 12.4. The normalized spacial score (nSPS) is 12.3. The largest absolute Gasteiger partial charge is 0.331 e. The van der Waals surface area contributed by atoms with E-state index in [1.807, 2.05) is 51.4 Å². The predicted octanol–water partition coefficient (Wildman–Crippen LogP) is 3.24. The Bertz CT molecular complexity index is 836. The molecule has 0 saturated carbocycles. The molecule has 1 unspecified atom stereocenters. The summed E-state index contributed by atoms with van der Waals surface area (Å²) in [4.78, 5) is 18.7. The first-order valence-electron chi connectivity index (χ1n) is 7.80. The summed E-state index contributed by atoms with van der Waals surface area (Å²) >= 11 is 1.62. The minimum absolute atomic E-state index is 0.0935. The van der Waals surface area contributed by atoms with Crippen molar-refractivity contribution in [3.63, 3.8) is 0 Å². The van der Waals surface area contributed by atoms with Crippen LogP contribution in [0.1, 0.15) is 29.2 Å². The Balaban J connectivity index is 1.65. The Labute approximate surface area is 145 Å². The number of hydrogen-bond donors (Lipinski definition) is 1. The number of urea groups is 1. The molecular weight excluding hydrogens is 322 g/mol. The number of benzene rings is 1. The second-order valence-corrected chi connectivity index (χ2v) is 7.06. The van der Waals surface area contributed by atoms with Crippen LogP contribution in [0.4, 0.5) is 4.79 Å². The molecular formula is C17H21N5OS. The van der Waals surface area contributed by atoms with Crippen molar-refractivity contribution >= 4 is 27.6 Å². The van der Waals surface area contributed by atoms with Gasteiger partial charge >= 0.3 is 6.03 Å². The maximum Gasteiger partial charge on any atom is 0.317 e. The van der Waals surface area contributed by atoms with Crippen LogP contribution in [0.5, 0.6) is 0 Å². The summed E-state index contributed by atoms with van der Waals surface area (Å²) in [5.41, 5.74) is 2.93. The van der Waals surface area contributed by atoms with Crippen molar-refractivity contribution in [3.05, 3.63) is 46.7 Å². The standard InChI is InChI=1S/C17H21N5OS/c1-11(13-9-22(4)20-12(13)2)18-17(23)21(3)10-16-19-14-7-5-6-8-15(14)24-16/h5-9,11H,10H2,1-4H3,(H,18,23). The number of para-hydroxylation sites is 1. The van der Waals surface area contributed by atoms with Gasteiger partial charge in [-0.2, -0.15) is 5.10 Å². The average Bonchev–Trinajstić information content (AvgIpc) is 3.08. The van der Waals surface area contributed by atoms with Crippen LogP contribution in [0.15, 0.2) is 30.5 Å². The third-order valence-corrected chi connectivity index (χ3v) is 4.94. The first kappa shape index (κ1) is 16.4. The van der Waals surface area contributed by atoms with Gasteiger partial charge in [-0.1, -0.05) is 12.1 Å². The summed E-state index contributed by atoms with van der Waals surface area (Å²) in [6, 6.07) is 7.79. The molecule has 3 aromatic rings. The van der Waals surface area contributed by atoms with Crippen molar-refractivity contribution in [2.75, 3.05) is 7.05 Å². The SMILES string of the molecule is Cc1nn(C)cc1C(C)NC(=O)N(C)Cc1nc2ccccc2s1. The number of nitrogens with zero attached hydrogens (tertiary/aromatic N) is 4. The van der Waals surface area contributed by atoms with E-state index >= 15 is 0 Å². The van der Waals surface area contributed by atoms with E-state index in [2.05, 4.69) is 15.4 Å². The van der Waals surface area contributed by atoms with Gasteiger partial charge in [-0.05, 0) is 26.0 Å². The number of thiazole rings is 1. The van der Waals surface area contributed by atoms with Crippen LogP contribution in [0.3, 0.4) is 0 Å². The highest BCUT2D eigenvalue weighted by atomic mass is 32.1. The van der Waals surface area contributed by atoms with Gasteiger partial charge in [0.15, 0.2) is 0 Å². The number of carbonyl (C=O) groups excluding carboxylic acids is 1. The summed E-state index contributed by atoms with van der Waals surface area (Å²) < 4.78 is 2.90. The predicted molar refractivity (Wildman–Crippen MR) is 96.0 cm³/mol. The van der Waals surface area contributed by atoms with E-state index in [1.54, 1.807) is 28.0 Å². The molecule has 7 heteroatoms. The Kier molecular flexibility index (Phi) is 4.53. The van der Waals surface area contributed by atoms with E-state index in [0.717, 1.165) is 26.5 Å². The molecule has 126 valence electrons. The number of nitrogens with one attached hydrogen (secondary N) is 1. The van der Waals surface area contributed by atoms with Gasteiger partial charge in [0, 0.05) is 25.9 Å². The second-order valence-electron chi connectivity index (χ2n) is 5.95. The molecule has 2 aromatic heterocycles. The average molecular weight is 343 g/mol. The van der Waals surface area contributed by atoms with Gasteiger partial charge in [0.25, 0.3) is 0 Å². The molecule has 1 atom stereocenters. The first-order valence-corrected chi connectivity index (χ1v) is 8.62. The highest BCUT2D eigenvalue weighted by Crippen LogP contribution is 2.22. The lowest BCUT2D eigenvalue weighted by Gasteiger charge is -2.20. The number of aromatic nitrogens is 3. The lowest BCUT2D eigenvalue weighted by atomic mass is 10.1. The zero-order valence-electron chi connectivity index (χ0n) is 14.3. The van der Waals surface area contributed by atoms with Gasteiger partial charge in [0.1, 0.15) is 5.01 Å². The fourth-order valence-electron chi connectivity index (χ4n) is 2.68. The molecule has 6 nitrogen and oxygen atoms in total. The van der Waals surface area contributed by atoms with Crippen LogP contribution in [-0.4, -0.2) is 32.7 Å². The van der Waals surface area contributed by atoms with E-state index in [4.69, 9.17) is 0 Å².